The summed E-state index contributed by atoms with van der Waals surface area (Å²) >= 11 is 0. The second kappa shape index (κ2) is 7.09. The predicted octanol–water partition coefficient (Wildman–Crippen LogP) is 4.34. The summed E-state index contributed by atoms with van der Waals surface area (Å²) in [6.07, 6.45) is 6.76. The topological polar surface area (TPSA) is 12.0 Å². The van der Waals surface area contributed by atoms with Crippen LogP contribution in [-0.4, -0.2) is 12.6 Å². The van der Waals surface area contributed by atoms with Crippen LogP contribution in [0.5, 0.6) is 0 Å². The maximum Gasteiger partial charge on any atom is 0.00699 e. The molecule has 1 N–H and O–H groups in total. The van der Waals surface area contributed by atoms with Gasteiger partial charge in [0, 0.05) is 6.04 Å². The quantitative estimate of drug-likeness (QED) is 0.829. The van der Waals surface area contributed by atoms with Gasteiger partial charge in [-0.3, -0.25) is 0 Å². The number of hydrogen-bond acceptors (Lipinski definition) is 1. The van der Waals surface area contributed by atoms with Crippen molar-refractivity contribution in [1.29, 1.82) is 0 Å². The Labute approximate surface area is 118 Å². The van der Waals surface area contributed by atoms with E-state index < -0.39 is 0 Å². The smallest absolute Gasteiger partial charge is 0.00699 e. The van der Waals surface area contributed by atoms with Gasteiger partial charge in [0.25, 0.3) is 0 Å². The number of rotatable bonds is 5. The van der Waals surface area contributed by atoms with Crippen molar-refractivity contribution < 1.29 is 0 Å². The molecule has 1 aromatic carbocycles. The molecule has 0 saturated heterocycles. The summed E-state index contributed by atoms with van der Waals surface area (Å²) in [5.74, 6) is 1.78. The molecule has 0 bridgehead atoms. The molecule has 2 rings (SSSR count). The first-order chi connectivity index (χ1) is 9.16. The summed E-state index contributed by atoms with van der Waals surface area (Å²) in [5, 5.41) is 3.78. The second-order valence-corrected chi connectivity index (χ2v) is 6.50. The third-order valence-electron chi connectivity index (χ3n) is 4.75. The van der Waals surface area contributed by atoms with Crippen molar-refractivity contribution in [3.63, 3.8) is 0 Å². The van der Waals surface area contributed by atoms with Gasteiger partial charge in [0.2, 0.25) is 0 Å². The highest BCUT2D eigenvalue weighted by molar-refractivity contribution is 5.25. The van der Waals surface area contributed by atoms with E-state index in [0.29, 0.717) is 0 Å². The minimum atomic E-state index is 0.755. The Bertz CT molecular complexity index is 383. The number of benzene rings is 1. The SMILES string of the molecule is Cc1ccccc1CCNC1CCCC(C(C)C)C1. The Morgan fingerprint density at radius 3 is 2.74 bits per heavy atom. The van der Waals surface area contributed by atoms with Gasteiger partial charge in [0.1, 0.15) is 0 Å². The minimum absolute atomic E-state index is 0.755. The fourth-order valence-corrected chi connectivity index (χ4v) is 3.32. The van der Waals surface area contributed by atoms with Crippen LogP contribution in [0, 0.1) is 18.8 Å². The fraction of sp³-hybridized carbons (Fsp3) is 0.667. The zero-order valence-corrected chi connectivity index (χ0v) is 12.8. The molecule has 1 heteroatoms. The van der Waals surface area contributed by atoms with Crippen molar-refractivity contribution >= 4 is 0 Å². The van der Waals surface area contributed by atoms with Crippen molar-refractivity contribution in [3.05, 3.63) is 35.4 Å². The van der Waals surface area contributed by atoms with Crippen LogP contribution in [0.25, 0.3) is 0 Å². The predicted molar refractivity (Wildman–Crippen MR) is 83.5 cm³/mol. The molecule has 1 aromatic rings. The number of nitrogens with one attached hydrogen (secondary N) is 1. The molecule has 106 valence electrons. The van der Waals surface area contributed by atoms with Crippen LogP contribution in [0.3, 0.4) is 0 Å². The lowest BCUT2D eigenvalue weighted by molar-refractivity contribution is 0.232. The summed E-state index contributed by atoms with van der Waals surface area (Å²) in [6, 6.07) is 9.50. The third kappa shape index (κ3) is 4.35. The molecular weight excluding hydrogens is 230 g/mol. The van der Waals surface area contributed by atoms with E-state index in [2.05, 4.69) is 50.4 Å². The molecule has 0 spiro atoms. The molecule has 2 unspecified atom stereocenters. The van der Waals surface area contributed by atoms with Gasteiger partial charge in [-0.25, -0.2) is 0 Å². The van der Waals surface area contributed by atoms with Crippen molar-refractivity contribution in [1.82, 2.24) is 5.32 Å². The molecule has 0 radical (unpaired) electrons. The average Bonchev–Trinajstić information content (AvgIpc) is 2.41. The first-order valence-electron chi connectivity index (χ1n) is 7.94. The zero-order chi connectivity index (χ0) is 13.7. The lowest BCUT2D eigenvalue weighted by atomic mass is 9.79. The van der Waals surface area contributed by atoms with Crippen LogP contribution in [-0.2, 0) is 6.42 Å². The van der Waals surface area contributed by atoms with E-state index >= 15 is 0 Å². The van der Waals surface area contributed by atoms with Crippen molar-refractivity contribution in [2.24, 2.45) is 11.8 Å². The third-order valence-corrected chi connectivity index (χ3v) is 4.75. The highest BCUT2D eigenvalue weighted by Crippen LogP contribution is 2.29. The van der Waals surface area contributed by atoms with E-state index in [9.17, 15) is 0 Å². The van der Waals surface area contributed by atoms with Crippen LogP contribution in [0.4, 0.5) is 0 Å². The van der Waals surface area contributed by atoms with Crippen LogP contribution in [0.1, 0.15) is 50.7 Å². The maximum absolute atomic E-state index is 3.78. The van der Waals surface area contributed by atoms with Crippen molar-refractivity contribution in [2.75, 3.05) is 6.54 Å². The van der Waals surface area contributed by atoms with E-state index in [1.165, 1.54) is 36.8 Å². The Morgan fingerprint density at radius 1 is 1.21 bits per heavy atom. The standard InChI is InChI=1S/C18H29N/c1-14(2)17-9-6-10-18(13-17)19-12-11-16-8-5-4-7-15(16)3/h4-5,7-8,14,17-19H,6,9-13H2,1-3H3. The zero-order valence-electron chi connectivity index (χ0n) is 12.8. The lowest BCUT2D eigenvalue weighted by Gasteiger charge is -2.32. The lowest BCUT2D eigenvalue weighted by Crippen LogP contribution is -2.36. The monoisotopic (exact) mass is 259 g/mol. The molecule has 1 aliphatic rings. The largest absolute Gasteiger partial charge is 0.314 e. The molecule has 19 heavy (non-hydrogen) atoms. The van der Waals surface area contributed by atoms with E-state index in [0.717, 1.165) is 30.8 Å². The molecule has 0 amide bonds. The maximum atomic E-state index is 3.78. The minimum Gasteiger partial charge on any atom is -0.314 e. The van der Waals surface area contributed by atoms with E-state index in [-0.39, 0.29) is 0 Å². The molecule has 0 heterocycles. The van der Waals surface area contributed by atoms with Gasteiger partial charge in [-0.1, -0.05) is 51.0 Å². The van der Waals surface area contributed by atoms with Crippen LogP contribution in [0.15, 0.2) is 24.3 Å². The van der Waals surface area contributed by atoms with E-state index in [4.69, 9.17) is 0 Å². The molecule has 1 fully saturated rings. The molecule has 1 nitrogen and oxygen atoms in total. The Balaban J connectivity index is 1.75. The van der Waals surface area contributed by atoms with Gasteiger partial charge in [-0.15, -0.1) is 0 Å². The van der Waals surface area contributed by atoms with Crippen LogP contribution < -0.4 is 5.32 Å². The van der Waals surface area contributed by atoms with Gasteiger partial charge < -0.3 is 5.32 Å². The highest BCUT2D eigenvalue weighted by atomic mass is 14.9. The van der Waals surface area contributed by atoms with Gasteiger partial charge in [-0.05, 0) is 55.7 Å². The van der Waals surface area contributed by atoms with Gasteiger partial charge in [0.15, 0.2) is 0 Å². The summed E-state index contributed by atoms with van der Waals surface area (Å²) < 4.78 is 0. The molecule has 2 atom stereocenters. The first kappa shape index (κ1) is 14.6. The molecule has 1 aliphatic carbocycles. The normalized spacial score (nSPS) is 23.8. The van der Waals surface area contributed by atoms with E-state index in [1.807, 2.05) is 0 Å². The summed E-state index contributed by atoms with van der Waals surface area (Å²) in [6.45, 7) is 8.09. The van der Waals surface area contributed by atoms with Gasteiger partial charge in [0.05, 0.1) is 0 Å². The molecular formula is C18H29N. The van der Waals surface area contributed by atoms with Gasteiger partial charge in [-0.2, -0.15) is 0 Å². The number of hydrogen-bond donors (Lipinski definition) is 1. The van der Waals surface area contributed by atoms with Crippen LogP contribution >= 0.6 is 0 Å². The first-order valence-corrected chi connectivity index (χ1v) is 7.94. The second-order valence-electron chi connectivity index (χ2n) is 6.50. The van der Waals surface area contributed by atoms with Gasteiger partial charge >= 0.3 is 0 Å². The van der Waals surface area contributed by atoms with E-state index in [1.54, 1.807) is 0 Å². The summed E-state index contributed by atoms with van der Waals surface area (Å²) in [7, 11) is 0. The van der Waals surface area contributed by atoms with Crippen LogP contribution in [0.2, 0.25) is 0 Å². The molecule has 0 aromatic heterocycles. The molecule has 1 saturated carbocycles. The Morgan fingerprint density at radius 2 is 2.00 bits per heavy atom. The Hall–Kier alpha value is -0.820. The van der Waals surface area contributed by atoms with Crippen molar-refractivity contribution in [2.45, 2.75) is 58.9 Å². The Kier molecular flexibility index (Phi) is 5.45. The highest BCUT2D eigenvalue weighted by Gasteiger charge is 2.23. The van der Waals surface area contributed by atoms with Crippen molar-refractivity contribution in [3.8, 4) is 0 Å². The summed E-state index contributed by atoms with van der Waals surface area (Å²) in [4.78, 5) is 0. The number of aryl methyl sites for hydroxylation is 1. The molecule has 0 aliphatic heterocycles. The average molecular weight is 259 g/mol. The summed E-state index contributed by atoms with van der Waals surface area (Å²) in [5.41, 5.74) is 2.92. The fourth-order valence-electron chi connectivity index (χ4n) is 3.32.